The summed E-state index contributed by atoms with van der Waals surface area (Å²) in [4.78, 5) is 27.1. The van der Waals surface area contributed by atoms with Gasteiger partial charge in [-0.05, 0) is 24.8 Å². The SMILES string of the molecule is CCOc1ncc(Cl)cc1C(=O)CCC(C)(C)CC(=O)O. The number of nitrogens with zero attached hydrogens (tertiary/aromatic N) is 1. The van der Waals surface area contributed by atoms with E-state index < -0.39 is 11.4 Å². The van der Waals surface area contributed by atoms with Gasteiger partial charge >= 0.3 is 5.97 Å². The molecule has 6 heteroatoms. The summed E-state index contributed by atoms with van der Waals surface area (Å²) < 4.78 is 5.32. The lowest BCUT2D eigenvalue weighted by molar-refractivity contribution is -0.139. The minimum Gasteiger partial charge on any atom is -0.481 e. The molecule has 1 aromatic rings. The zero-order chi connectivity index (χ0) is 16.0. The van der Waals surface area contributed by atoms with Gasteiger partial charge in [0.25, 0.3) is 0 Å². The lowest BCUT2D eigenvalue weighted by Crippen LogP contribution is -2.18. The van der Waals surface area contributed by atoms with Crippen molar-refractivity contribution in [2.45, 2.75) is 40.0 Å². The van der Waals surface area contributed by atoms with Crippen LogP contribution in [0.25, 0.3) is 0 Å². The highest BCUT2D eigenvalue weighted by molar-refractivity contribution is 6.30. The predicted octanol–water partition coefficient (Wildman–Crippen LogP) is 3.60. The van der Waals surface area contributed by atoms with Gasteiger partial charge in [0.2, 0.25) is 5.88 Å². The number of Topliss-reactive ketones (excluding diaryl/α,β-unsaturated/α-hetero) is 1. The Balaban J connectivity index is 2.80. The second-order valence-corrected chi connectivity index (χ2v) is 6.03. The molecule has 116 valence electrons. The number of carbonyl (C=O) groups excluding carboxylic acids is 1. The van der Waals surface area contributed by atoms with Crippen molar-refractivity contribution in [2.75, 3.05) is 6.61 Å². The summed E-state index contributed by atoms with van der Waals surface area (Å²) in [6.07, 6.45) is 2.14. The highest BCUT2D eigenvalue weighted by Crippen LogP contribution is 2.29. The molecule has 5 nitrogen and oxygen atoms in total. The fourth-order valence-electron chi connectivity index (χ4n) is 1.96. The lowest BCUT2D eigenvalue weighted by atomic mass is 9.83. The summed E-state index contributed by atoms with van der Waals surface area (Å²) in [5, 5.41) is 9.22. The first-order chi connectivity index (χ1) is 9.75. The fourth-order valence-corrected chi connectivity index (χ4v) is 2.12. The molecule has 0 bridgehead atoms. The van der Waals surface area contributed by atoms with E-state index in [0.717, 1.165) is 0 Å². The number of carboxylic acid groups (broad SMARTS) is 1. The fraction of sp³-hybridized carbons (Fsp3) is 0.533. The van der Waals surface area contributed by atoms with Gasteiger partial charge in [0.1, 0.15) is 0 Å². The van der Waals surface area contributed by atoms with Gasteiger partial charge in [-0.25, -0.2) is 4.98 Å². The van der Waals surface area contributed by atoms with Crippen molar-refractivity contribution >= 4 is 23.4 Å². The van der Waals surface area contributed by atoms with E-state index in [4.69, 9.17) is 21.4 Å². The normalized spacial score (nSPS) is 11.2. The Hall–Kier alpha value is -1.62. The molecule has 0 atom stereocenters. The van der Waals surface area contributed by atoms with Gasteiger partial charge in [0.15, 0.2) is 5.78 Å². The zero-order valence-electron chi connectivity index (χ0n) is 12.5. The van der Waals surface area contributed by atoms with Crippen molar-refractivity contribution in [1.82, 2.24) is 4.98 Å². The maximum absolute atomic E-state index is 12.3. The van der Waals surface area contributed by atoms with Gasteiger partial charge in [-0.3, -0.25) is 9.59 Å². The summed E-state index contributed by atoms with van der Waals surface area (Å²) in [5.41, 5.74) is -0.102. The Labute approximate surface area is 129 Å². The molecule has 1 heterocycles. The number of ketones is 1. The molecule has 0 amide bonds. The van der Waals surface area contributed by atoms with Gasteiger partial charge in [0.05, 0.1) is 23.6 Å². The average Bonchev–Trinajstić information content (AvgIpc) is 2.37. The minimum absolute atomic E-state index is 0.0202. The van der Waals surface area contributed by atoms with Gasteiger partial charge in [-0.15, -0.1) is 0 Å². The van der Waals surface area contributed by atoms with Crippen LogP contribution in [-0.4, -0.2) is 28.4 Å². The molecule has 0 unspecified atom stereocenters. The molecule has 0 aliphatic carbocycles. The molecule has 21 heavy (non-hydrogen) atoms. The standard InChI is InChI=1S/C15H20ClNO4/c1-4-21-14-11(7-10(16)9-17-14)12(18)5-6-15(2,3)8-13(19)20/h7,9H,4-6,8H2,1-3H3,(H,19,20). The molecule has 0 aliphatic heterocycles. The van der Waals surface area contributed by atoms with Crippen LogP contribution in [0.5, 0.6) is 5.88 Å². The highest BCUT2D eigenvalue weighted by atomic mass is 35.5. The summed E-state index contributed by atoms with van der Waals surface area (Å²) in [6.45, 7) is 5.86. The second kappa shape index (κ2) is 7.41. The summed E-state index contributed by atoms with van der Waals surface area (Å²) in [7, 11) is 0. The van der Waals surface area contributed by atoms with Crippen LogP contribution in [0.4, 0.5) is 0 Å². The van der Waals surface area contributed by atoms with Crippen molar-refractivity contribution in [1.29, 1.82) is 0 Å². The number of pyridine rings is 1. The maximum atomic E-state index is 12.3. The average molecular weight is 314 g/mol. The Morgan fingerprint density at radius 1 is 1.43 bits per heavy atom. The summed E-state index contributed by atoms with van der Waals surface area (Å²) in [6, 6.07) is 1.53. The minimum atomic E-state index is -0.869. The van der Waals surface area contributed by atoms with E-state index >= 15 is 0 Å². The van der Waals surface area contributed by atoms with Crippen molar-refractivity contribution in [3.63, 3.8) is 0 Å². The number of carbonyl (C=O) groups is 2. The van der Waals surface area contributed by atoms with E-state index in [1.807, 2.05) is 13.8 Å². The van der Waals surface area contributed by atoms with E-state index in [2.05, 4.69) is 4.98 Å². The zero-order valence-corrected chi connectivity index (χ0v) is 13.2. The Bertz CT molecular complexity index is 528. The van der Waals surface area contributed by atoms with Crippen molar-refractivity contribution in [2.24, 2.45) is 5.41 Å². The number of aromatic nitrogens is 1. The number of ether oxygens (including phenoxy) is 1. The van der Waals surface area contributed by atoms with Crippen LogP contribution in [0, 0.1) is 5.41 Å². The molecule has 0 saturated heterocycles. The predicted molar refractivity (Wildman–Crippen MR) is 80.0 cm³/mol. The van der Waals surface area contributed by atoms with E-state index in [9.17, 15) is 9.59 Å². The Morgan fingerprint density at radius 3 is 2.67 bits per heavy atom. The number of aliphatic carboxylic acids is 1. The van der Waals surface area contributed by atoms with Crippen LogP contribution in [-0.2, 0) is 4.79 Å². The number of hydrogen-bond donors (Lipinski definition) is 1. The Morgan fingerprint density at radius 2 is 2.10 bits per heavy atom. The quantitative estimate of drug-likeness (QED) is 0.742. The molecule has 0 fully saturated rings. The largest absolute Gasteiger partial charge is 0.481 e. The number of hydrogen-bond acceptors (Lipinski definition) is 4. The van der Waals surface area contributed by atoms with Crippen LogP contribution in [0.3, 0.4) is 0 Å². The van der Waals surface area contributed by atoms with Gasteiger partial charge < -0.3 is 9.84 Å². The second-order valence-electron chi connectivity index (χ2n) is 5.60. The molecule has 1 N–H and O–H groups in total. The van der Waals surface area contributed by atoms with Crippen molar-refractivity contribution in [3.8, 4) is 5.88 Å². The molecule has 0 aliphatic rings. The first-order valence-electron chi connectivity index (χ1n) is 6.78. The molecule has 0 aromatic carbocycles. The third-order valence-electron chi connectivity index (χ3n) is 3.06. The smallest absolute Gasteiger partial charge is 0.303 e. The van der Waals surface area contributed by atoms with E-state index in [1.165, 1.54) is 12.3 Å². The number of halogens is 1. The third kappa shape index (κ3) is 5.71. The van der Waals surface area contributed by atoms with Gasteiger partial charge in [-0.1, -0.05) is 25.4 Å². The molecular weight excluding hydrogens is 294 g/mol. The van der Waals surface area contributed by atoms with Crippen LogP contribution in [0.2, 0.25) is 5.02 Å². The van der Waals surface area contributed by atoms with Crippen LogP contribution < -0.4 is 4.74 Å². The van der Waals surface area contributed by atoms with Crippen LogP contribution >= 0.6 is 11.6 Å². The molecule has 1 aromatic heterocycles. The van der Waals surface area contributed by atoms with Crippen molar-refractivity contribution in [3.05, 3.63) is 22.8 Å². The topological polar surface area (TPSA) is 76.5 Å². The molecule has 0 radical (unpaired) electrons. The molecule has 0 saturated carbocycles. The van der Waals surface area contributed by atoms with Crippen LogP contribution in [0.1, 0.15) is 50.4 Å². The number of carboxylic acids is 1. The molecular formula is C15H20ClNO4. The van der Waals surface area contributed by atoms with E-state index in [-0.39, 0.29) is 24.5 Å². The van der Waals surface area contributed by atoms with Gasteiger partial charge in [-0.2, -0.15) is 0 Å². The summed E-state index contributed by atoms with van der Waals surface area (Å²) in [5.74, 6) is -0.748. The summed E-state index contributed by atoms with van der Waals surface area (Å²) >= 11 is 5.87. The van der Waals surface area contributed by atoms with Crippen molar-refractivity contribution < 1.29 is 19.4 Å². The van der Waals surface area contributed by atoms with E-state index in [1.54, 1.807) is 6.92 Å². The van der Waals surface area contributed by atoms with Gasteiger partial charge in [0, 0.05) is 12.6 Å². The monoisotopic (exact) mass is 313 g/mol. The van der Waals surface area contributed by atoms with Crippen LogP contribution in [0.15, 0.2) is 12.3 Å². The van der Waals surface area contributed by atoms with E-state index in [0.29, 0.717) is 23.6 Å². The highest BCUT2D eigenvalue weighted by Gasteiger charge is 2.24. The first-order valence-corrected chi connectivity index (χ1v) is 7.16. The maximum Gasteiger partial charge on any atom is 0.303 e. The molecule has 0 spiro atoms. The molecule has 1 rings (SSSR count). The first kappa shape index (κ1) is 17.4. The Kier molecular flexibility index (Phi) is 6.15. The third-order valence-corrected chi connectivity index (χ3v) is 3.26. The lowest BCUT2D eigenvalue weighted by Gasteiger charge is -2.21. The number of rotatable bonds is 8.